The highest BCUT2D eigenvalue weighted by Crippen LogP contribution is 2.16. The largest absolute Gasteiger partial charge is 0.352 e. The number of unbranched alkanes of at least 4 members (excludes halogenated alkanes) is 17. The molecule has 0 aromatic rings. The Morgan fingerprint density at radius 2 is 0.833 bits per heavy atom. The molecule has 0 saturated carbocycles. The van der Waals surface area contributed by atoms with Crippen LogP contribution >= 0.6 is 0 Å². The summed E-state index contributed by atoms with van der Waals surface area (Å²) < 4.78 is 12.2. The molecule has 2 unspecified atom stereocenters. The van der Waals surface area contributed by atoms with Crippen LogP contribution in [0.1, 0.15) is 176 Å². The fourth-order valence-electron chi connectivity index (χ4n) is 4.44. The van der Waals surface area contributed by atoms with Gasteiger partial charge in [-0.25, -0.2) is 0 Å². The lowest BCUT2D eigenvalue weighted by atomic mass is 10.1. The highest BCUT2D eigenvalue weighted by Gasteiger charge is 2.12. The predicted octanol–water partition coefficient (Wildman–Crippen LogP) is 11.8. The molecule has 2 nitrogen and oxygen atoms in total. The first-order valence-electron chi connectivity index (χ1n) is 16.5. The van der Waals surface area contributed by atoms with Crippen LogP contribution in [0, 0.1) is 11.8 Å². The van der Waals surface area contributed by atoms with Crippen LogP contribution in [0.3, 0.4) is 0 Å². The van der Waals surface area contributed by atoms with Gasteiger partial charge in [-0.15, -0.1) is 0 Å². The van der Waals surface area contributed by atoms with Crippen molar-refractivity contribution < 1.29 is 9.47 Å². The monoisotopic (exact) mass is 509 g/mol. The van der Waals surface area contributed by atoms with Gasteiger partial charge >= 0.3 is 0 Å². The normalized spacial score (nSPS) is 14.5. The van der Waals surface area contributed by atoms with Crippen LogP contribution in [0.25, 0.3) is 0 Å². The molecule has 2 heteroatoms. The highest BCUT2D eigenvalue weighted by molar-refractivity contribution is 4.81. The summed E-state index contributed by atoms with van der Waals surface area (Å²) in [5.74, 6) is 1.24. The molecule has 0 bridgehead atoms. The molecule has 0 saturated heterocycles. The molecule has 0 fully saturated rings. The summed E-state index contributed by atoms with van der Waals surface area (Å²) in [6, 6.07) is 0. The smallest absolute Gasteiger partial charge is 0.157 e. The standard InChI is InChI=1S/C34H68O2/c1-6-9-10-11-12-13-14-15-16-17-18-19-20-21-22-23-24-25-26-27-28-29-34(35-30-32(4)7-2)36-31-33(5)8-3/h18-19,32-34H,6-17,20-31H2,1-5H3. The van der Waals surface area contributed by atoms with Gasteiger partial charge in [-0.05, 0) is 50.4 Å². The van der Waals surface area contributed by atoms with Gasteiger partial charge in [0.05, 0.1) is 13.2 Å². The molecule has 0 N–H and O–H groups in total. The number of hydrogen-bond donors (Lipinski definition) is 0. The van der Waals surface area contributed by atoms with Crippen molar-refractivity contribution >= 4 is 0 Å². The minimum atomic E-state index is 0.00127. The summed E-state index contributed by atoms with van der Waals surface area (Å²) in [6.07, 6.45) is 34.6. The van der Waals surface area contributed by atoms with Crippen molar-refractivity contribution in [2.45, 2.75) is 182 Å². The molecule has 0 radical (unpaired) electrons. The van der Waals surface area contributed by atoms with Crippen LogP contribution in [-0.4, -0.2) is 19.5 Å². The maximum absolute atomic E-state index is 6.11. The molecule has 2 atom stereocenters. The predicted molar refractivity (Wildman–Crippen MR) is 162 cm³/mol. The molecular formula is C34H68O2. The zero-order valence-electron chi connectivity index (χ0n) is 25.7. The summed E-state index contributed by atoms with van der Waals surface area (Å²) in [5, 5.41) is 0. The molecule has 0 heterocycles. The van der Waals surface area contributed by atoms with Crippen molar-refractivity contribution in [1.29, 1.82) is 0 Å². The fourth-order valence-corrected chi connectivity index (χ4v) is 4.44. The van der Waals surface area contributed by atoms with Gasteiger partial charge in [0.25, 0.3) is 0 Å². The van der Waals surface area contributed by atoms with E-state index in [4.69, 9.17) is 9.47 Å². The zero-order chi connectivity index (χ0) is 26.5. The van der Waals surface area contributed by atoms with E-state index in [1.807, 2.05) is 0 Å². The van der Waals surface area contributed by atoms with Crippen molar-refractivity contribution in [3.8, 4) is 0 Å². The minimum absolute atomic E-state index is 0.00127. The van der Waals surface area contributed by atoms with Gasteiger partial charge in [0, 0.05) is 0 Å². The first kappa shape index (κ1) is 35.7. The van der Waals surface area contributed by atoms with E-state index in [2.05, 4.69) is 46.8 Å². The minimum Gasteiger partial charge on any atom is -0.352 e. The van der Waals surface area contributed by atoms with E-state index in [1.54, 1.807) is 0 Å². The van der Waals surface area contributed by atoms with Crippen LogP contribution < -0.4 is 0 Å². The quantitative estimate of drug-likeness (QED) is 0.0568. The van der Waals surface area contributed by atoms with Gasteiger partial charge in [0.15, 0.2) is 6.29 Å². The van der Waals surface area contributed by atoms with Crippen molar-refractivity contribution in [3.63, 3.8) is 0 Å². The first-order chi connectivity index (χ1) is 17.6. The van der Waals surface area contributed by atoms with Gasteiger partial charge in [0.2, 0.25) is 0 Å². The Morgan fingerprint density at radius 1 is 0.472 bits per heavy atom. The fraction of sp³-hybridized carbons (Fsp3) is 0.941. The van der Waals surface area contributed by atoms with Gasteiger partial charge in [0.1, 0.15) is 0 Å². The van der Waals surface area contributed by atoms with E-state index >= 15 is 0 Å². The Bertz CT molecular complexity index is 419. The van der Waals surface area contributed by atoms with Crippen molar-refractivity contribution in [3.05, 3.63) is 12.2 Å². The Balaban J connectivity index is 3.50. The molecule has 0 spiro atoms. The summed E-state index contributed by atoms with van der Waals surface area (Å²) >= 11 is 0. The molecule has 0 aliphatic carbocycles. The third-order valence-corrected chi connectivity index (χ3v) is 7.73. The Labute approximate surface area is 228 Å². The number of ether oxygens (including phenoxy) is 2. The lowest BCUT2D eigenvalue weighted by Gasteiger charge is -2.22. The van der Waals surface area contributed by atoms with Crippen LogP contribution in [0.5, 0.6) is 0 Å². The zero-order valence-corrected chi connectivity index (χ0v) is 25.7. The van der Waals surface area contributed by atoms with Crippen molar-refractivity contribution in [1.82, 2.24) is 0 Å². The molecule has 0 aromatic carbocycles. The number of allylic oxidation sites excluding steroid dienone is 2. The Morgan fingerprint density at radius 3 is 1.22 bits per heavy atom. The average Bonchev–Trinajstić information content (AvgIpc) is 2.90. The maximum Gasteiger partial charge on any atom is 0.157 e. The summed E-state index contributed by atoms with van der Waals surface area (Å²) in [4.78, 5) is 0. The molecular weight excluding hydrogens is 440 g/mol. The van der Waals surface area contributed by atoms with E-state index in [1.165, 1.54) is 135 Å². The van der Waals surface area contributed by atoms with E-state index in [9.17, 15) is 0 Å². The van der Waals surface area contributed by atoms with Crippen LogP contribution in [0.2, 0.25) is 0 Å². The average molecular weight is 509 g/mol. The van der Waals surface area contributed by atoms with E-state index in [0.29, 0.717) is 11.8 Å². The topological polar surface area (TPSA) is 18.5 Å². The molecule has 0 rings (SSSR count). The Hall–Kier alpha value is -0.340. The molecule has 0 aliphatic heterocycles. The second kappa shape index (κ2) is 29.2. The lowest BCUT2D eigenvalue weighted by molar-refractivity contribution is -0.159. The number of hydrogen-bond acceptors (Lipinski definition) is 2. The third kappa shape index (κ3) is 26.7. The summed E-state index contributed by atoms with van der Waals surface area (Å²) in [5.41, 5.74) is 0. The van der Waals surface area contributed by atoms with Gasteiger partial charge in [-0.2, -0.15) is 0 Å². The molecule has 216 valence electrons. The molecule has 0 aliphatic rings. The SMILES string of the molecule is CCCCCCCCCCCC=CCCCCCCCCCCC(OCC(C)CC)OCC(C)CC. The van der Waals surface area contributed by atoms with Gasteiger partial charge < -0.3 is 9.47 Å². The molecule has 0 aromatic heterocycles. The summed E-state index contributed by atoms with van der Waals surface area (Å²) in [7, 11) is 0. The second-order valence-electron chi connectivity index (χ2n) is 11.6. The van der Waals surface area contributed by atoms with E-state index < -0.39 is 0 Å². The van der Waals surface area contributed by atoms with Crippen molar-refractivity contribution in [2.75, 3.05) is 13.2 Å². The van der Waals surface area contributed by atoms with Crippen molar-refractivity contribution in [2.24, 2.45) is 11.8 Å². The van der Waals surface area contributed by atoms with E-state index in [-0.39, 0.29) is 6.29 Å². The van der Waals surface area contributed by atoms with Gasteiger partial charge in [-0.1, -0.05) is 150 Å². The highest BCUT2D eigenvalue weighted by atomic mass is 16.7. The van der Waals surface area contributed by atoms with Crippen LogP contribution in [0.4, 0.5) is 0 Å². The summed E-state index contributed by atoms with van der Waals surface area (Å²) in [6.45, 7) is 13.0. The van der Waals surface area contributed by atoms with Gasteiger partial charge in [-0.3, -0.25) is 0 Å². The number of rotatable bonds is 29. The first-order valence-corrected chi connectivity index (χ1v) is 16.5. The van der Waals surface area contributed by atoms with E-state index in [0.717, 1.165) is 19.6 Å². The maximum atomic E-state index is 6.11. The lowest BCUT2D eigenvalue weighted by Crippen LogP contribution is -2.23. The Kier molecular flexibility index (Phi) is 28.9. The van der Waals surface area contributed by atoms with Crippen LogP contribution in [-0.2, 0) is 9.47 Å². The third-order valence-electron chi connectivity index (χ3n) is 7.73. The second-order valence-corrected chi connectivity index (χ2v) is 11.6. The van der Waals surface area contributed by atoms with Crippen LogP contribution in [0.15, 0.2) is 12.2 Å². The molecule has 0 amide bonds. The molecule has 36 heavy (non-hydrogen) atoms.